The molecule has 0 spiro atoms. The van der Waals surface area contributed by atoms with Crippen LogP contribution in [-0.2, 0) is 6.54 Å². The first-order chi connectivity index (χ1) is 7.99. The minimum atomic E-state index is 0.607. The van der Waals surface area contributed by atoms with Crippen molar-refractivity contribution in [1.29, 1.82) is 0 Å². The number of nitrogens with zero attached hydrogens (tertiary/aromatic N) is 1. The van der Waals surface area contributed by atoms with Gasteiger partial charge in [-0.2, -0.15) is 0 Å². The number of hydrogen-bond donors (Lipinski definition) is 1. The number of rotatable bonds is 7. The van der Waals surface area contributed by atoms with Crippen LogP contribution in [0.4, 0.5) is 0 Å². The van der Waals surface area contributed by atoms with E-state index in [1.807, 2.05) is 11.3 Å². The van der Waals surface area contributed by atoms with Crippen LogP contribution >= 0.6 is 11.3 Å². The summed E-state index contributed by atoms with van der Waals surface area (Å²) in [4.78, 5) is 5.84. The molecule has 0 aliphatic heterocycles. The lowest BCUT2D eigenvalue weighted by Crippen LogP contribution is -2.25. The molecule has 1 N–H and O–H groups in total. The third-order valence-electron chi connectivity index (χ3n) is 3.03. The third-order valence-corrected chi connectivity index (χ3v) is 4.10. The maximum Gasteiger partial charge on any atom is 0.0900 e. The zero-order valence-corrected chi connectivity index (χ0v) is 12.7. The van der Waals surface area contributed by atoms with E-state index >= 15 is 0 Å². The molecule has 2 nitrogen and oxygen atoms in total. The van der Waals surface area contributed by atoms with Crippen LogP contribution in [-0.4, -0.2) is 11.0 Å². The molecule has 3 heteroatoms. The summed E-state index contributed by atoms with van der Waals surface area (Å²) in [6.07, 6.45) is 3.94. The second kappa shape index (κ2) is 7.12. The van der Waals surface area contributed by atoms with E-state index in [2.05, 4.69) is 44.9 Å². The number of thiazole rings is 1. The first-order valence-electron chi connectivity index (χ1n) is 6.65. The minimum Gasteiger partial charge on any atom is -0.309 e. The molecule has 1 atom stereocenters. The molecule has 0 aliphatic carbocycles. The highest BCUT2D eigenvalue weighted by Crippen LogP contribution is 2.17. The summed E-state index contributed by atoms with van der Waals surface area (Å²) in [5.41, 5.74) is 1.19. The lowest BCUT2D eigenvalue weighted by Gasteiger charge is -2.13. The molecular formula is C14H26N2S. The maximum absolute atomic E-state index is 4.45. The molecule has 1 aromatic rings. The van der Waals surface area contributed by atoms with Crippen LogP contribution in [0.3, 0.4) is 0 Å². The molecule has 1 heterocycles. The zero-order valence-electron chi connectivity index (χ0n) is 11.8. The van der Waals surface area contributed by atoms with E-state index in [1.165, 1.54) is 34.8 Å². The normalized spacial score (nSPS) is 13.3. The van der Waals surface area contributed by atoms with Gasteiger partial charge in [0.2, 0.25) is 0 Å². The Hall–Kier alpha value is -0.410. The molecule has 1 rings (SSSR count). The van der Waals surface area contributed by atoms with Crippen molar-refractivity contribution in [1.82, 2.24) is 10.3 Å². The number of aromatic nitrogens is 1. The average Bonchev–Trinajstić information content (AvgIpc) is 2.54. The fourth-order valence-corrected chi connectivity index (χ4v) is 2.83. The standard InChI is InChI=1S/C14H26N2S/c1-10(2)7-6-8-11(3)15-9-14-12(4)16-13(5)17-14/h10-11,15H,6-9H2,1-5H3. The van der Waals surface area contributed by atoms with Crippen molar-refractivity contribution < 1.29 is 0 Å². The lowest BCUT2D eigenvalue weighted by molar-refractivity contribution is 0.458. The van der Waals surface area contributed by atoms with Gasteiger partial charge in [-0.25, -0.2) is 4.98 Å². The monoisotopic (exact) mass is 254 g/mol. The highest BCUT2D eigenvalue weighted by Gasteiger charge is 2.07. The van der Waals surface area contributed by atoms with Gasteiger partial charge >= 0.3 is 0 Å². The van der Waals surface area contributed by atoms with Gasteiger partial charge in [-0.1, -0.05) is 26.7 Å². The Morgan fingerprint density at radius 2 is 1.88 bits per heavy atom. The zero-order chi connectivity index (χ0) is 12.8. The Morgan fingerprint density at radius 3 is 2.41 bits per heavy atom. The summed E-state index contributed by atoms with van der Waals surface area (Å²) in [6, 6.07) is 0.607. The molecule has 0 saturated heterocycles. The second-order valence-electron chi connectivity index (χ2n) is 5.35. The molecular weight excluding hydrogens is 228 g/mol. The van der Waals surface area contributed by atoms with Crippen LogP contribution in [0.2, 0.25) is 0 Å². The van der Waals surface area contributed by atoms with Crippen LogP contribution in [0.15, 0.2) is 0 Å². The summed E-state index contributed by atoms with van der Waals surface area (Å²) < 4.78 is 0. The van der Waals surface area contributed by atoms with E-state index in [9.17, 15) is 0 Å². The molecule has 0 aromatic carbocycles. The Morgan fingerprint density at radius 1 is 1.18 bits per heavy atom. The van der Waals surface area contributed by atoms with Gasteiger partial charge in [0.05, 0.1) is 10.7 Å². The van der Waals surface area contributed by atoms with Crippen LogP contribution in [0, 0.1) is 19.8 Å². The third kappa shape index (κ3) is 5.64. The van der Waals surface area contributed by atoms with Gasteiger partial charge in [0.25, 0.3) is 0 Å². The average molecular weight is 254 g/mol. The van der Waals surface area contributed by atoms with Crippen LogP contribution in [0.1, 0.15) is 55.6 Å². The van der Waals surface area contributed by atoms with Crippen LogP contribution < -0.4 is 5.32 Å². The van der Waals surface area contributed by atoms with Gasteiger partial charge in [-0.3, -0.25) is 0 Å². The van der Waals surface area contributed by atoms with E-state index in [4.69, 9.17) is 0 Å². The summed E-state index contributed by atoms with van der Waals surface area (Å²) in [7, 11) is 0. The maximum atomic E-state index is 4.45. The predicted molar refractivity (Wildman–Crippen MR) is 76.6 cm³/mol. The summed E-state index contributed by atoms with van der Waals surface area (Å²) in [5, 5.41) is 4.77. The second-order valence-corrected chi connectivity index (χ2v) is 6.64. The predicted octanol–water partition coefficient (Wildman–Crippen LogP) is 4.06. The van der Waals surface area contributed by atoms with Crippen molar-refractivity contribution in [3.8, 4) is 0 Å². The molecule has 0 aliphatic rings. The largest absolute Gasteiger partial charge is 0.309 e. The van der Waals surface area contributed by atoms with Crippen molar-refractivity contribution in [3.05, 3.63) is 15.6 Å². The van der Waals surface area contributed by atoms with Gasteiger partial charge in [0, 0.05) is 17.5 Å². The molecule has 1 aromatic heterocycles. The summed E-state index contributed by atoms with van der Waals surface area (Å²) in [6.45, 7) is 12.0. The Bertz CT molecular complexity index is 331. The van der Waals surface area contributed by atoms with Gasteiger partial charge in [0.15, 0.2) is 0 Å². The quantitative estimate of drug-likeness (QED) is 0.793. The lowest BCUT2D eigenvalue weighted by atomic mass is 10.0. The van der Waals surface area contributed by atoms with E-state index in [0.29, 0.717) is 6.04 Å². The van der Waals surface area contributed by atoms with Gasteiger partial charge < -0.3 is 5.32 Å². The molecule has 17 heavy (non-hydrogen) atoms. The highest BCUT2D eigenvalue weighted by molar-refractivity contribution is 7.11. The summed E-state index contributed by atoms with van der Waals surface area (Å²) >= 11 is 1.81. The van der Waals surface area contributed by atoms with Gasteiger partial charge in [-0.15, -0.1) is 11.3 Å². The van der Waals surface area contributed by atoms with E-state index in [-0.39, 0.29) is 0 Å². The molecule has 1 unspecified atom stereocenters. The summed E-state index contributed by atoms with van der Waals surface area (Å²) in [5.74, 6) is 0.827. The highest BCUT2D eigenvalue weighted by atomic mass is 32.1. The minimum absolute atomic E-state index is 0.607. The molecule has 0 bridgehead atoms. The molecule has 0 radical (unpaired) electrons. The molecule has 0 saturated carbocycles. The van der Waals surface area contributed by atoms with Crippen molar-refractivity contribution in [2.45, 2.75) is 66.5 Å². The fourth-order valence-electron chi connectivity index (χ4n) is 1.94. The number of aryl methyl sites for hydroxylation is 2. The molecule has 0 fully saturated rings. The molecule has 0 amide bonds. The topological polar surface area (TPSA) is 24.9 Å². The van der Waals surface area contributed by atoms with Crippen molar-refractivity contribution in [2.24, 2.45) is 5.92 Å². The van der Waals surface area contributed by atoms with Gasteiger partial charge in [-0.05, 0) is 33.1 Å². The Balaban J connectivity index is 2.23. The Kier molecular flexibility index (Phi) is 6.14. The SMILES string of the molecule is Cc1nc(C)c(CNC(C)CCCC(C)C)s1. The van der Waals surface area contributed by atoms with Gasteiger partial charge in [0.1, 0.15) is 0 Å². The first kappa shape index (κ1) is 14.7. The fraction of sp³-hybridized carbons (Fsp3) is 0.786. The Labute approximate surface area is 110 Å². The van der Waals surface area contributed by atoms with E-state index in [0.717, 1.165) is 12.5 Å². The first-order valence-corrected chi connectivity index (χ1v) is 7.47. The van der Waals surface area contributed by atoms with Crippen LogP contribution in [0.5, 0.6) is 0 Å². The van der Waals surface area contributed by atoms with Crippen molar-refractivity contribution >= 4 is 11.3 Å². The van der Waals surface area contributed by atoms with E-state index in [1.54, 1.807) is 0 Å². The number of hydrogen-bond acceptors (Lipinski definition) is 3. The molecule has 98 valence electrons. The van der Waals surface area contributed by atoms with Crippen molar-refractivity contribution in [2.75, 3.05) is 0 Å². The van der Waals surface area contributed by atoms with Crippen molar-refractivity contribution in [3.63, 3.8) is 0 Å². The smallest absolute Gasteiger partial charge is 0.0900 e. The van der Waals surface area contributed by atoms with E-state index < -0.39 is 0 Å². The number of nitrogens with one attached hydrogen (secondary N) is 1. The van der Waals surface area contributed by atoms with Crippen LogP contribution in [0.25, 0.3) is 0 Å².